The van der Waals surface area contributed by atoms with Gasteiger partial charge in [0, 0.05) is 33.9 Å². The van der Waals surface area contributed by atoms with Crippen LogP contribution in [0.1, 0.15) is 20.8 Å². The zero-order valence-corrected chi connectivity index (χ0v) is 11.3. The lowest BCUT2D eigenvalue weighted by molar-refractivity contribution is -0.0985. The zero-order valence-electron chi connectivity index (χ0n) is 11.3. The monoisotopic (exact) mass is 248 g/mol. The Balaban J connectivity index is 3.49. The maximum atomic E-state index is 11.3. The Labute approximate surface area is 103 Å². The minimum absolute atomic E-state index is 0.267. The largest absolute Gasteiger partial charge is 0.444 e. The number of alkyl carbamates (subject to hydrolysis) is 1. The fourth-order valence-electron chi connectivity index (χ4n) is 1.05. The van der Waals surface area contributed by atoms with E-state index in [0.29, 0.717) is 19.6 Å². The van der Waals surface area contributed by atoms with Crippen LogP contribution in [0.3, 0.4) is 0 Å². The van der Waals surface area contributed by atoms with E-state index < -0.39 is 11.7 Å². The molecule has 0 atom stereocenters. The van der Waals surface area contributed by atoms with Gasteiger partial charge in [-0.15, -0.1) is 0 Å². The second kappa shape index (κ2) is 8.27. The molecule has 17 heavy (non-hydrogen) atoms. The summed E-state index contributed by atoms with van der Waals surface area (Å²) < 4.78 is 15.1. The summed E-state index contributed by atoms with van der Waals surface area (Å²) in [6.45, 7) is 7.17. The number of hydrogen-bond donors (Lipinski definition) is 2. The summed E-state index contributed by atoms with van der Waals surface area (Å²) in [5, 5.41) is 5.73. The van der Waals surface area contributed by atoms with Gasteiger partial charge in [-0.2, -0.15) is 0 Å². The third kappa shape index (κ3) is 10.0. The molecule has 0 aromatic rings. The van der Waals surface area contributed by atoms with Crippen molar-refractivity contribution in [1.82, 2.24) is 10.6 Å². The molecule has 0 spiro atoms. The molecule has 0 aliphatic heterocycles. The molecule has 6 nitrogen and oxygen atoms in total. The first-order valence-electron chi connectivity index (χ1n) is 5.62. The molecule has 0 saturated carbocycles. The minimum Gasteiger partial charge on any atom is -0.444 e. The van der Waals surface area contributed by atoms with Crippen LogP contribution in [0, 0.1) is 0 Å². The van der Waals surface area contributed by atoms with Gasteiger partial charge in [0.1, 0.15) is 5.60 Å². The quantitative estimate of drug-likeness (QED) is 0.513. The summed E-state index contributed by atoms with van der Waals surface area (Å²) in [6, 6.07) is 0. The lowest BCUT2D eigenvalue weighted by Crippen LogP contribution is -2.38. The Morgan fingerprint density at radius 1 is 1.18 bits per heavy atom. The van der Waals surface area contributed by atoms with E-state index in [1.165, 1.54) is 0 Å². The molecule has 0 fully saturated rings. The van der Waals surface area contributed by atoms with Crippen molar-refractivity contribution in [2.75, 3.05) is 33.9 Å². The summed E-state index contributed by atoms with van der Waals surface area (Å²) in [7, 11) is 3.16. The van der Waals surface area contributed by atoms with E-state index in [1.807, 2.05) is 20.8 Å². The van der Waals surface area contributed by atoms with E-state index in [0.717, 1.165) is 0 Å². The zero-order chi connectivity index (χ0) is 13.3. The van der Waals surface area contributed by atoms with Crippen LogP contribution in [0.4, 0.5) is 4.79 Å². The maximum Gasteiger partial charge on any atom is 0.407 e. The Kier molecular flexibility index (Phi) is 7.86. The molecule has 0 unspecified atom stereocenters. The summed E-state index contributed by atoms with van der Waals surface area (Å²) in [5.41, 5.74) is -0.464. The molecule has 6 heteroatoms. The standard InChI is InChI=1S/C11H24N2O4/c1-11(2,3)17-10(14)13-7-6-12-8-9(15-4)16-5/h9,12H,6-8H2,1-5H3,(H,13,14). The smallest absolute Gasteiger partial charge is 0.407 e. The first-order valence-corrected chi connectivity index (χ1v) is 5.62. The number of nitrogens with one attached hydrogen (secondary N) is 2. The van der Waals surface area contributed by atoms with Crippen molar-refractivity contribution in [3.63, 3.8) is 0 Å². The highest BCUT2D eigenvalue weighted by Gasteiger charge is 2.15. The van der Waals surface area contributed by atoms with Gasteiger partial charge >= 0.3 is 6.09 Å². The van der Waals surface area contributed by atoms with Crippen LogP contribution in [-0.2, 0) is 14.2 Å². The molecular formula is C11H24N2O4. The van der Waals surface area contributed by atoms with Gasteiger partial charge in [-0.3, -0.25) is 0 Å². The summed E-state index contributed by atoms with van der Waals surface area (Å²) in [6.07, 6.45) is -0.675. The number of rotatable bonds is 7. The average molecular weight is 248 g/mol. The molecule has 0 heterocycles. The van der Waals surface area contributed by atoms with Crippen LogP contribution in [0.5, 0.6) is 0 Å². The molecule has 0 aromatic heterocycles. The lowest BCUT2D eigenvalue weighted by atomic mass is 10.2. The number of amides is 1. The molecule has 0 aliphatic carbocycles. The van der Waals surface area contributed by atoms with Gasteiger partial charge < -0.3 is 24.8 Å². The SMILES string of the molecule is COC(CNCCNC(=O)OC(C)(C)C)OC. The van der Waals surface area contributed by atoms with Crippen molar-refractivity contribution in [3.05, 3.63) is 0 Å². The van der Waals surface area contributed by atoms with E-state index in [9.17, 15) is 4.79 Å². The molecule has 0 aliphatic rings. The predicted molar refractivity (Wildman–Crippen MR) is 64.9 cm³/mol. The number of carbonyl (C=O) groups excluding carboxylic acids is 1. The predicted octanol–water partition coefficient (Wildman–Crippen LogP) is 0.720. The highest BCUT2D eigenvalue weighted by molar-refractivity contribution is 5.67. The Hall–Kier alpha value is -0.850. The number of hydrogen-bond acceptors (Lipinski definition) is 5. The Bertz CT molecular complexity index is 212. The van der Waals surface area contributed by atoms with E-state index in [4.69, 9.17) is 14.2 Å². The number of carbonyl (C=O) groups is 1. The lowest BCUT2D eigenvalue weighted by Gasteiger charge is -2.20. The van der Waals surface area contributed by atoms with Crippen LogP contribution >= 0.6 is 0 Å². The van der Waals surface area contributed by atoms with Crippen molar-refractivity contribution in [2.24, 2.45) is 0 Å². The van der Waals surface area contributed by atoms with Gasteiger partial charge in [0.05, 0.1) is 0 Å². The van der Waals surface area contributed by atoms with Crippen molar-refractivity contribution in [1.29, 1.82) is 0 Å². The van der Waals surface area contributed by atoms with Crippen molar-refractivity contribution in [3.8, 4) is 0 Å². The summed E-state index contributed by atoms with van der Waals surface area (Å²) in [4.78, 5) is 11.3. The minimum atomic E-state index is -0.464. The molecule has 0 saturated heterocycles. The van der Waals surface area contributed by atoms with Crippen molar-refractivity contribution >= 4 is 6.09 Å². The topological polar surface area (TPSA) is 68.8 Å². The second-order valence-corrected chi connectivity index (χ2v) is 4.53. The first-order chi connectivity index (χ1) is 7.89. The Morgan fingerprint density at radius 2 is 1.76 bits per heavy atom. The first kappa shape index (κ1) is 16.1. The van der Waals surface area contributed by atoms with E-state index in [2.05, 4.69) is 10.6 Å². The fourth-order valence-corrected chi connectivity index (χ4v) is 1.05. The van der Waals surface area contributed by atoms with E-state index >= 15 is 0 Å². The van der Waals surface area contributed by atoms with Gasteiger partial charge in [-0.05, 0) is 20.8 Å². The highest BCUT2D eigenvalue weighted by Crippen LogP contribution is 2.05. The van der Waals surface area contributed by atoms with Gasteiger partial charge in [-0.25, -0.2) is 4.79 Å². The van der Waals surface area contributed by atoms with Crippen LogP contribution in [-0.4, -0.2) is 51.8 Å². The molecule has 1 amide bonds. The molecular weight excluding hydrogens is 224 g/mol. The average Bonchev–Trinajstić information content (AvgIpc) is 2.21. The normalized spacial score (nSPS) is 11.6. The fraction of sp³-hybridized carbons (Fsp3) is 0.909. The number of methoxy groups -OCH3 is 2. The number of ether oxygens (including phenoxy) is 3. The van der Waals surface area contributed by atoms with E-state index in [-0.39, 0.29) is 6.29 Å². The van der Waals surface area contributed by atoms with Gasteiger partial charge in [-0.1, -0.05) is 0 Å². The molecule has 0 rings (SSSR count). The van der Waals surface area contributed by atoms with Crippen LogP contribution in [0.25, 0.3) is 0 Å². The third-order valence-corrected chi connectivity index (χ3v) is 1.81. The molecule has 102 valence electrons. The van der Waals surface area contributed by atoms with Crippen LogP contribution < -0.4 is 10.6 Å². The molecule has 0 bridgehead atoms. The van der Waals surface area contributed by atoms with E-state index in [1.54, 1.807) is 14.2 Å². The van der Waals surface area contributed by atoms with Gasteiger partial charge in [0.15, 0.2) is 6.29 Å². The van der Waals surface area contributed by atoms with Crippen LogP contribution in [0.2, 0.25) is 0 Å². The molecule has 2 N–H and O–H groups in total. The van der Waals surface area contributed by atoms with Gasteiger partial charge in [0.2, 0.25) is 0 Å². The Morgan fingerprint density at radius 3 is 2.24 bits per heavy atom. The molecule has 0 radical (unpaired) electrons. The summed E-state index contributed by atoms with van der Waals surface area (Å²) >= 11 is 0. The van der Waals surface area contributed by atoms with Crippen LogP contribution in [0.15, 0.2) is 0 Å². The van der Waals surface area contributed by atoms with Crippen molar-refractivity contribution in [2.45, 2.75) is 32.7 Å². The third-order valence-electron chi connectivity index (χ3n) is 1.81. The van der Waals surface area contributed by atoms with Gasteiger partial charge in [0.25, 0.3) is 0 Å². The van der Waals surface area contributed by atoms with Crippen molar-refractivity contribution < 1.29 is 19.0 Å². The molecule has 0 aromatic carbocycles. The highest BCUT2D eigenvalue weighted by atomic mass is 16.7. The maximum absolute atomic E-state index is 11.3. The second-order valence-electron chi connectivity index (χ2n) is 4.53. The summed E-state index contributed by atoms with van der Waals surface area (Å²) in [5.74, 6) is 0.